The third-order valence-electron chi connectivity index (χ3n) is 2.64. The van der Waals surface area contributed by atoms with Crippen molar-refractivity contribution in [2.45, 2.75) is 40.0 Å². The minimum Gasteiger partial charge on any atom is -0.447 e. The van der Waals surface area contributed by atoms with Gasteiger partial charge in [0, 0.05) is 11.1 Å². The summed E-state index contributed by atoms with van der Waals surface area (Å²) in [6.45, 7) is 5.67. The van der Waals surface area contributed by atoms with Crippen molar-refractivity contribution >= 4 is 30.2 Å². The molecule has 2 N–H and O–H groups in total. The highest BCUT2D eigenvalue weighted by atomic mass is 32.1. The molecule has 0 spiro atoms. The van der Waals surface area contributed by atoms with Crippen molar-refractivity contribution in [3.8, 4) is 0 Å². The van der Waals surface area contributed by atoms with Crippen LogP contribution in [-0.2, 0) is 17.4 Å². The van der Waals surface area contributed by atoms with Gasteiger partial charge in [0.25, 0.3) is 0 Å². The third-order valence-corrected chi connectivity index (χ3v) is 4.01. The molecule has 0 saturated carbocycles. The van der Waals surface area contributed by atoms with Gasteiger partial charge in [0.05, 0.1) is 4.86 Å². The van der Waals surface area contributed by atoms with E-state index in [1.165, 1.54) is 0 Å². The monoisotopic (exact) mass is 276 g/mol. The van der Waals surface area contributed by atoms with Crippen molar-refractivity contribution in [1.29, 1.82) is 0 Å². The van der Waals surface area contributed by atoms with Crippen LogP contribution < -0.4 is 5.50 Å². The van der Waals surface area contributed by atoms with Gasteiger partial charge in [-0.25, -0.2) is 0 Å². The predicted octanol–water partition coefficient (Wildman–Crippen LogP) is 2.34. The van der Waals surface area contributed by atoms with Crippen LogP contribution in [0.1, 0.15) is 44.1 Å². The Balaban J connectivity index is 3.50. The minimum atomic E-state index is -4.37. The molecular weight excluding hydrogens is 259 g/mol. The maximum absolute atomic E-state index is 11.4. The number of rotatable bonds is 5. The summed E-state index contributed by atoms with van der Waals surface area (Å²) in [4.78, 5) is 19.1. The first-order chi connectivity index (χ1) is 7.86. The van der Waals surface area contributed by atoms with Crippen LogP contribution in [0.15, 0.2) is 4.42 Å². The fraction of sp³-hybridized carbons (Fsp3) is 0.545. The van der Waals surface area contributed by atoms with Crippen LogP contribution >= 0.6 is 19.8 Å². The number of hydrogen-bond donors (Lipinski definition) is 2. The largest absolute Gasteiger partial charge is 0.447 e. The van der Waals surface area contributed by atoms with E-state index in [2.05, 4.69) is 0 Å². The van der Waals surface area contributed by atoms with Gasteiger partial charge in [-0.1, -0.05) is 33.0 Å². The molecule has 0 bridgehead atoms. The Morgan fingerprint density at radius 3 is 2.12 bits per heavy atom. The highest BCUT2D eigenvalue weighted by Crippen LogP contribution is 2.38. The van der Waals surface area contributed by atoms with Gasteiger partial charge in [-0.15, -0.1) is 0 Å². The van der Waals surface area contributed by atoms with Gasteiger partial charge < -0.3 is 14.2 Å². The van der Waals surface area contributed by atoms with Gasteiger partial charge in [-0.05, 0) is 19.3 Å². The van der Waals surface area contributed by atoms with Crippen molar-refractivity contribution in [2.75, 3.05) is 0 Å². The molecule has 1 aromatic heterocycles. The molecule has 0 aliphatic rings. The van der Waals surface area contributed by atoms with Crippen LogP contribution in [0.4, 0.5) is 0 Å². The zero-order valence-corrected chi connectivity index (χ0v) is 11.9. The van der Waals surface area contributed by atoms with E-state index in [0.29, 0.717) is 35.5 Å². The van der Waals surface area contributed by atoms with E-state index in [4.69, 9.17) is 16.6 Å². The van der Waals surface area contributed by atoms with Crippen molar-refractivity contribution in [2.24, 2.45) is 0 Å². The van der Waals surface area contributed by atoms with E-state index in [-0.39, 0.29) is 5.50 Å². The Morgan fingerprint density at radius 1 is 1.24 bits per heavy atom. The average molecular weight is 276 g/mol. The molecule has 0 unspecified atom stereocenters. The molecule has 6 heteroatoms. The Labute approximate surface area is 106 Å². The standard InChI is InChI=1S/C11H17O4PS/c1-4-7-8(5-2)11(16(12,13)14)15-10(7)9(17)6-3/h4-6H2,1-3H3,(H2,12,13,14). The average Bonchev–Trinajstić information content (AvgIpc) is 2.65. The number of hydrogen-bond acceptors (Lipinski definition) is 3. The second-order valence-corrected chi connectivity index (χ2v) is 5.71. The first-order valence-electron chi connectivity index (χ1n) is 5.60. The normalized spacial score (nSPS) is 11.8. The minimum absolute atomic E-state index is 0.220. The van der Waals surface area contributed by atoms with E-state index in [1.54, 1.807) is 0 Å². The van der Waals surface area contributed by atoms with Crippen LogP contribution in [0.2, 0.25) is 0 Å². The maximum Gasteiger partial charge on any atom is 0.391 e. The Kier molecular flexibility index (Phi) is 4.67. The van der Waals surface area contributed by atoms with Crippen molar-refractivity contribution < 1.29 is 18.8 Å². The lowest BCUT2D eigenvalue weighted by molar-refractivity contribution is 0.375. The molecule has 0 aromatic carbocycles. The molecule has 1 aromatic rings. The maximum atomic E-state index is 11.4. The molecule has 0 radical (unpaired) electrons. The smallest absolute Gasteiger partial charge is 0.391 e. The van der Waals surface area contributed by atoms with Gasteiger partial charge in [-0.2, -0.15) is 0 Å². The zero-order chi connectivity index (χ0) is 13.2. The first kappa shape index (κ1) is 14.6. The lowest BCUT2D eigenvalue weighted by Gasteiger charge is -2.02. The summed E-state index contributed by atoms with van der Waals surface area (Å²) in [6, 6.07) is 0. The second kappa shape index (κ2) is 5.44. The van der Waals surface area contributed by atoms with Gasteiger partial charge >= 0.3 is 7.60 Å². The Morgan fingerprint density at radius 2 is 1.76 bits per heavy atom. The van der Waals surface area contributed by atoms with Crippen LogP contribution in [-0.4, -0.2) is 14.7 Å². The third kappa shape index (κ3) is 2.86. The topological polar surface area (TPSA) is 70.7 Å². The van der Waals surface area contributed by atoms with Crippen LogP contribution in [0.5, 0.6) is 0 Å². The lowest BCUT2D eigenvalue weighted by Crippen LogP contribution is -2.07. The second-order valence-electron chi connectivity index (χ2n) is 3.72. The van der Waals surface area contributed by atoms with E-state index < -0.39 is 7.60 Å². The molecule has 0 fully saturated rings. The van der Waals surface area contributed by atoms with E-state index in [1.807, 2.05) is 20.8 Å². The molecule has 4 nitrogen and oxygen atoms in total. The summed E-state index contributed by atoms with van der Waals surface area (Å²) in [6.07, 6.45) is 1.81. The van der Waals surface area contributed by atoms with Crippen LogP contribution in [0, 0.1) is 0 Å². The highest BCUT2D eigenvalue weighted by Gasteiger charge is 2.30. The quantitative estimate of drug-likeness (QED) is 0.490. The van der Waals surface area contributed by atoms with Gasteiger partial charge in [-0.3, -0.25) is 4.57 Å². The van der Waals surface area contributed by atoms with E-state index >= 15 is 0 Å². The number of furan rings is 1. The molecule has 0 saturated heterocycles. The molecule has 1 heterocycles. The summed E-state index contributed by atoms with van der Waals surface area (Å²) in [5.41, 5.74) is 1.21. The van der Waals surface area contributed by atoms with Gasteiger partial charge in [0.15, 0.2) is 0 Å². The molecule has 1 rings (SSSR count). The Hall–Kier alpha value is -0.480. The lowest BCUT2D eigenvalue weighted by atomic mass is 10.0. The first-order valence-corrected chi connectivity index (χ1v) is 7.62. The summed E-state index contributed by atoms with van der Waals surface area (Å²) in [5.74, 6) is 0.472. The predicted molar refractivity (Wildman–Crippen MR) is 71.1 cm³/mol. The van der Waals surface area contributed by atoms with Crippen molar-refractivity contribution in [3.05, 3.63) is 16.9 Å². The Bertz CT molecular complexity index is 472. The molecule has 0 aliphatic heterocycles. The summed E-state index contributed by atoms with van der Waals surface area (Å²) >= 11 is 5.17. The summed E-state index contributed by atoms with van der Waals surface area (Å²) < 4.78 is 16.7. The molecular formula is C11H17O4PS. The van der Waals surface area contributed by atoms with E-state index in [9.17, 15) is 14.4 Å². The van der Waals surface area contributed by atoms with Crippen LogP contribution in [0.3, 0.4) is 0 Å². The highest BCUT2D eigenvalue weighted by molar-refractivity contribution is 7.80. The molecule has 0 aliphatic carbocycles. The molecule has 0 amide bonds. The number of thiocarbonyl (C=S) groups is 1. The SMILES string of the molecule is CCC(=S)c1oc(P(=O)(O)O)c(CC)c1CC. The van der Waals surface area contributed by atoms with Gasteiger partial charge in [0.2, 0.25) is 5.50 Å². The van der Waals surface area contributed by atoms with Crippen molar-refractivity contribution in [3.63, 3.8) is 0 Å². The summed E-state index contributed by atoms with van der Waals surface area (Å²) in [5, 5.41) is 0. The van der Waals surface area contributed by atoms with Crippen molar-refractivity contribution in [1.82, 2.24) is 0 Å². The van der Waals surface area contributed by atoms with E-state index in [0.717, 1.165) is 5.56 Å². The van der Waals surface area contributed by atoms with Crippen LogP contribution in [0.25, 0.3) is 0 Å². The molecule has 0 atom stereocenters. The molecule has 17 heavy (non-hydrogen) atoms. The summed E-state index contributed by atoms with van der Waals surface area (Å²) in [7, 11) is -4.37. The fourth-order valence-corrected chi connectivity index (χ4v) is 2.87. The zero-order valence-electron chi connectivity index (χ0n) is 10.2. The van der Waals surface area contributed by atoms with Gasteiger partial charge in [0.1, 0.15) is 5.76 Å². The fourth-order valence-electron chi connectivity index (χ4n) is 1.85. The molecule has 96 valence electrons.